The summed E-state index contributed by atoms with van der Waals surface area (Å²) in [6, 6.07) is 7.23. The van der Waals surface area contributed by atoms with Gasteiger partial charge in [0.15, 0.2) is 0 Å². The lowest BCUT2D eigenvalue weighted by Crippen LogP contribution is -2.38. The van der Waals surface area contributed by atoms with Crippen molar-refractivity contribution in [3.63, 3.8) is 0 Å². The van der Waals surface area contributed by atoms with Crippen molar-refractivity contribution in [1.29, 1.82) is 0 Å². The van der Waals surface area contributed by atoms with E-state index in [9.17, 15) is 9.18 Å². The van der Waals surface area contributed by atoms with Crippen molar-refractivity contribution in [2.45, 2.75) is 31.7 Å². The second kappa shape index (κ2) is 7.51. The largest absolute Gasteiger partial charge is 0.398 e. The Hall–Kier alpha value is -2.96. The van der Waals surface area contributed by atoms with Crippen LogP contribution in [0.15, 0.2) is 35.5 Å². The molecule has 5 N–H and O–H groups in total. The van der Waals surface area contributed by atoms with Crippen LogP contribution >= 0.6 is 0 Å². The van der Waals surface area contributed by atoms with Gasteiger partial charge in [-0.05, 0) is 36.6 Å². The Morgan fingerprint density at radius 2 is 1.92 bits per heavy atom. The van der Waals surface area contributed by atoms with E-state index in [1.807, 2.05) is 12.1 Å². The van der Waals surface area contributed by atoms with E-state index in [4.69, 9.17) is 11.5 Å². The number of hydrogen-bond donors (Lipinski definition) is 3. The van der Waals surface area contributed by atoms with E-state index >= 15 is 0 Å². The number of nitrogens with one attached hydrogen (secondary N) is 1. The molecule has 0 bridgehead atoms. The van der Waals surface area contributed by atoms with Gasteiger partial charge in [-0.2, -0.15) is 4.39 Å². The van der Waals surface area contributed by atoms with E-state index in [2.05, 4.69) is 15.3 Å². The number of nitrogens with zero attached hydrogens (tertiary/aromatic N) is 2. The highest BCUT2D eigenvalue weighted by Gasteiger charge is 2.21. The molecule has 26 heavy (non-hydrogen) atoms. The summed E-state index contributed by atoms with van der Waals surface area (Å²) >= 11 is 0. The van der Waals surface area contributed by atoms with Gasteiger partial charge in [0.1, 0.15) is 11.6 Å². The molecule has 0 amide bonds. The maximum atomic E-state index is 13.3. The van der Waals surface area contributed by atoms with E-state index in [-0.39, 0.29) is 11.7 Å². The summed E-state index contributed by atoms with van der Waals surface area (Å²) < 4.78 is 13.3. The van der Waals surface area contributed by atoms with Crippen molar-refractivity contribution in [2.24, 2.45) is 4.99 Å². The van der Waals surface area contributed by atoms with Crippen molar-refractivity contribution >= 4 is 23.0 Å². The number of halogens is 1. The number of nitrogens with two attached hydrogens (primary N) is 2. The molecule has 0 aliphatic heterocycles. The topological polar surface area (TPSA) is 106 Å². The average molecular weight is 355 g/mol. The molecule has 1 aromatic heterocycles. The molecule has 0 spiro atoms. The smallest absolute Gasteiger partial charge is 0.236 e. The molecule has 2 aromatic rings. The molecular weight excluding hydrogens is 333 g/mol. The predicted molar refractivity (Wildman–Crippen MR) is 101 cm³/mol. The van der Waals surface area contributed by atoms with Gasteiger partial charge < -0.3 is 16.8 Å². The quantitative estimate of drug-likeness (QED) is 0.339. The zero-order valence-corrected chi connectivity index (χ0v) is 14.6. The number of ketones is 1. The first-order chi connectivity index (χ1) is 12.5. The average Bonchev–Trinajstić information content (AvgIpc) is 2.64. The van der Waals surface area contributed by atoms with Crippen molar-refractivity contribution in [3.8, 4) is 11.1 Å². The first kappa shape index (κ1) is 17.8. The molecule has 1 aliphatic rings. The van der Waals surface area contributed by atoms with Gasteiger partial charge in [-0.3, -0.25) is 9.79 Å². The molecule has 0 saturated heterocycles. The summed E-state index contributed by atoms with van der Waals surface area (Å²) in [5, 5.41) is 3.40. The van der Waals surface area contributed by atoms with Crippen LogP contribution in [0.25, 0.3) is 11.1 Å². The minimum Gasteiger partial charge on any atom is -0.398 e. The summed E-state index contributed by atoms with van der Waals surface area (Å²) in [4.78, 5) is 19.4. The lowest BCUT2D eigenvalue weighted by atomic mass is 9.94. The SMILES string of the molecule is CN=C(NC1CCC(=O)CC1)c1cc(-c2cnc(F)c(N)c2)ccc1N. The van der Waals surface area contributed by atoms with Gasteiger partial charge in [0.25, 0.3) is 0 Å². The number of hydrogen-bond acceptors (Lipinski definition) is 5. The highest BCUT2D eigenvalue weighted by atomic mass is 19.1. The molecule has 1 saturated carbocycles. The summed E-state index contributed by atoms with van der Waals surface area (Å²) in [5.74, 6) is 0.293. The van der Waals surface area contributed by atoms with Crippen molar-refractivity contribution in [1.82, 2.24) is 10.3 Å². The zero-order chi connectivity index (χ0) is 18.7. The van der Waals surface area contributed by atoms with Crippen LogP contribution in [0.4, 0.5) is 15.8 Å². The number of amidine groups is 1. The van der Waals surface area contributed by atoms with Gasteiger partial charge in [-0.1, -0.05) is 6.07 Å². The molecule has 0 atom stereocenters. The number of aliphatic imine (C=N–C) groups is 1. The van der Waals surface area contributed by atoms with Crippen LogP contribution in [-0.2, 0) is 4.79 Å². The first-order valence-corrected chi connectivity index (χ1v) is 8.54. The first-order valence-electron chi connectivity index (χ1n) is 8.54. The molecule has 1 heterocycles. The third-order valence-electron chi connectivity index (χ3n) is 4.62. The Labute approximate surface area is 151 Å². The molecule has 136 valence electrons. The van der Waals surface area contributed by atoms with Crippen LogP contribution in [0.2, 0.25) is 0 Å². The van der Waals surface area contributed by atoms with E-state index in [1.54, 1.807) is 19.2 Å². The number of carbonyl (C=O) groups excluding carboxylic acids is 1. The van der Waals surface area contributed by atoms with Crippen LogP contribution in [0.5, 0.6) is 0 Å². The van der Waals surface area contributed by atoms with E-state index in [0.717, 1.165) is 24.0 Å². The molecule has 1 aliphatic carbocycles. The monoisotopic (exact) mass is 355 g/mol. The second-order valence-corrected chi connectivity index (χ2v) is 6.44. The third-order valence-corrected chi connectivity index (χ3v) is 4.62. The third kappa shape index (κ3) is 3.82. The Bertz CT molecular complexity index is 855. The fourth-order valence-corrected chi connectivity index (χ4v) is 3.10. The number of anilines is 2. The summed E-state index contributed by atoms with van der Waals surface area (Å²) in [7, 11) is 1.69. The summed E-state index contributed by atoms with van der Waals surface area (Å²) in [5.41, 5.74) is 14.6. The second-order valence-electron chi connectivity index (χ2n) is 6.44. The number of pyridine rings is 1. The van der Waals surface area contributed by atoms with Gasteiger partial charge in [-0.25, -0.2) is 4.98 Å². The Morgan fingerprint density at radius 3 is 2.58 bits per heavy atom. The van der Waals surface area contributed by atoms with E-state index in [1.165, 1.54) is 6.20 Å². The van der Waals surface area contributed by atoms with Crippen LogP contribution < -0.4 is 16.8 Å². The van der Waals surface area contributed by atoms with Gasteiger partial charge in [0.2, 0.25) is 5.95 Å². The molecule has 1 aromatic carbocycles. The van der Waals surface area contributed by atoms with E-state index in [0.29, 0.717) is 35.7 Å². The minimum atomic E-state index is -0.686. The Morgan fingerprint density at radius 1 is 1.19 bits per heavy atom. The minimum absolute atomic E-state index is 0.00439. The summed E-state index contributed by atoms with van der Waals surface area (Å²) in [6.07, 6.45) is 4.19. The van der Waals surface area contributed by atoms with Crippen molar-refractivity contribution in [3.05, 3.63) is 42.0 Å². The molecule has 6 nitrogen and oxygen atoms in total. The fraction of sp³-hybridized carbons (Fsp3) is 0.316. The van der Waals surface area contributed by atoms with Crippen LogP contribution in [0.1, 0.15) is 31.2 Å². The standard InChI is InChI=1S/C19H22FN5O/c1-23-19(25-13-3-5-14(26)6-4-13)15-8-11(2-7-16(15)21)12-9-17(22)18(20)24-10-12/h2,7-10,13H,3-6,21-22H2,1H3,(H,23,25). The number of carbonyl (C=O) groups is 1. The van der Waals surface area contributed by atoms with Crippen LogP contribution in [0, 0.1) is 5.95 Å². The number of nitrogen functional groups attached to an aromatic ring is 2. The zero-order valence-electron chi connectivity index (χ0n) is 14.6. The maximum absolute atomic E-state index is 13.3. The number of aromatic nitrogens is 1. The highest BCUT2D eigenvalue weighted by Crippen LogP contribution is 2.26. The van der Waals surface area contributed by atoms with Gasteiger partial charge in [0.05, 0.1) is 5.69 Å². The van der Waals surface area contributed by atoms with Crippen molar-refractivity contribution in [2.75, 3.05) is 18.5 Å². The normalized spacial score (nSPS) is 15.9. The lowest BCUT2D eigenvalue weighted by Gasteiger charge is -2.24. The van der Waals surface area contributed by atoms with Crippen molar-refractivity contribution < 1.29 is 9.18 Å². The molecule has 0 unspecified atom stereocenters. The molecule has 0 radical (unpaired) electrons. The predicted octanol–water partition coefficient (Wildman–Crippen LogP) is 2.53. The molecular formula is C19H22FN5O. The lowest BCUT2D eigenvalue weighted by molar-refractivity contribution is -0.120. The van der Waals surface area contributed by atoms with E-state index < -0.39 is 5.95 Å². The molecule has 3 rings (SSSR count). The Balaban J connectivity index is 1.88. The van der Waals surface area contributed by atoms with Gasteiger partial charge in [-0.15, -0.1) is 0 Å². The van der Waals surface area contributed by atoms with Crippen LogP contribution in [-0.4, -0.2) is 29.7 Å². The summed E-state index contributed by atoms with van der Waals surface area (Å²) in [6.45, 7) is 0. The molecule has 1 fully saturated rings. The maximum Gasteiger partial charge on any atom is 0.236 e. The Kier molecular flexibility index (Phi) is 5.16. The highest BCUT2D eigenvalue weighted by molar-refractivity contribution is 6.04. The van der Waals surface area contributed by atoms with Gasteiger partial charge >= 0.3 is 0 Å². The van der Waals surface area contributed by atoms with Gasteiger partial charge in [0, 0.05) is 48.9 Å². The number of Topliss-reactive ketones (excluding diaryl/α,β-unsaturated/α-hetero) is 1. The molecule has 7 heteroatoms. The van der Waals surface area contributed by atoms with Crippen LogP contribution in [0.3, 0.4) is 0 Å². The fourth-order valence-electron chi connectivity index (χ4n) is 3.10. The number of rotatable bonds is 3. The number of benzene rings is 1.